The summed E-state index contributed by atoms with van der Waals surface area (Å²) in [5.41, 5.74) is 2.62. The summed E-state index contributed by atoms with van der Waals surface area (Å²) in [5, 5.41) is 4.02. The summed E-state index contributed by atoms with van der Waals surface area (Å²) in [5.74, 6) is 0. The van der Waals surface area contributed by atoms with E-state index in [9.17, 15) is 0 Å². The minimum absolute atomic E-state index is 0.987. The van der Waals surface area contributed by atoms with Crippen molar-refractivity contribution in [3.63, 3.8) is 0 Å². The second-order valence-electron chi connectivity index (χ2n) is 2.83. The van der Waals surface area contributed by atoms with E-state index < -0.39 is 0 Å². The van der Waals surface area contributed by atoms with E-state index in [0.717, 1.165) is 6.42 Å². The van der Waals surface area contributed by atoms with Crippen molar-refractivity contribution >= 4 is 0 Å². The van der Waals surface area contributed by atoms with Gasteiger partial charge < -0.3 is 0 Å². The van der Waals surface area contributed by atoms with Crippen LogP contribution in [0.1, 0.15) is 5.56 Å². The predicted octanol–water partition coefficient (Wildman–Crippen LogP) is 2.24. The lowest BCUT2D eigenvalue weighted by atomic mass is 10.1. The summed E-state index contributed by atoms with van der Waals surface area (Å²) < 4.78 is 0. The zero-order valence-electron chi connectivity index (χ0n) is 6.77. The molecule has 1 aromatic rings. The number of benzene rings is 1. The third-order valence-corrected chi connectivity index (χ3v) is 1.87. The highest BCUT2D eigenvalue weighted by Gasteiger charge is 1.98. The molecular formula is C11H10N. The van der Waals surface area contributed by atoms with Gasteiger partial charge in [0.25, 0.3) is 0 Å². The van der Waals surface area contributed by atoms with Crippen molar-refractivity contribution in [2.75, 3.05) is 0 Å². The van der Waals surface area contributed by atoms with Crippen LogP contribution in [0, 0.1) is 0 Å². The van der Waals surface area contributed by atoms with Crippen LogP contribution in [-0.4, -0.2) is 0 Å². The first-order valence-electron chi connectivity index (χ1n) is 4.04. The number of hydrogen-bond acceptors (Lipinski definition) is 0. The van der Waals surface area contributed by atoms with Gasteiger partial charge in [0.15, 0.2) is 0 Å². The normalized spacial score (nSPS) is 14.2. The molecule has 1 heteroatoms. The zero-order chi connectivity index (χ0) is 8.23. The summed E-state index contributed by atoms with van der Waals surface area (Å²) >= 11 is 0. The van der Waals surface area contributed by atoms with Gasteiger partial charge in [0.2, 0.25) is 0 Å². The van der Waals surface area contributed by atoms with Crippen LogP contribution in [-0.2, 0) is 6.42 Å². The first-order chi connectivity index (χ1) is 5.95. The monoisotopic (exact) mass is 156 g/mol. The van der Waals surface area contributed by atoms with Crippen LogP contribution in [0.3, 0.4) is 0 Å². The fraction of sp³-hybridized carbons (Fsp3) is 0.0909. The van der Waals surface area contributed by atoms with Crippen molar-refractivity contribution in [3.05, 3.63) is 59.9 Å². The third kappa shape index (κ3) is 1.56. The SMILES string of the molecule is C1=CC(Cc2ccccc2)=C[N]1. The van der Waals surface area contributed by atoms with E-state index >= 15 is 0 Å². The van der Waals surface area contributed by atoms with Gasteiger partial charge in [0.05, 0.1) is 0 Å². The molecule has 0 unspecified atom stereocenters. The highest BCUT2D eigenvalue weighted by molar-refractivity contribution is 5.30. The van der Waals surface area contributed by atoms with Crippen LogP contribution in [0.4, 0.5) is 0 Å². The molecule has 0 aromatic heterocycles. The summed E-state index contributed by atoms with van der Waals surface area (Å²) in [6.45, 7) is 0. The quantitative estimate of drug-likeness (QED) is 0.623. The van der Waals surface area contributed by atoms with E-state index in [2.05, 4.69) is 29.6 Å². The van der Waals surface area contributed by atoms with E-state index in [1.807, 2.05) is 24.5 Å². The minimum Gasteiger partial charge on any atom is -0.264 e. The number of allylic oxidation sites excluding steroid dienone is 2. The van der Waals surface area contributed by atoms with Gasteiger partial charge >= 0.3 is 0 Å². The molecule has 0 amide bonds. The maximum absolute atomic E-state index is 4.02. The lowest BCUT2D eigenvalue weighted by molar-refractivity contribution is 1.15. The van der Waals surface area contributed by atoms with Gasteiger partial charge in [0, 0.05) is 12.4 Å². The Bertz CT molecular complexity index is 309. The van der Waals surface area contributed by atoms with Crippen molar-refractivity contribution in [2.24, 2.45) is 0 Å². The summed E-state index contributed by atoms with van der Waals surface area (Å²) in [6.07, 6.45) is 6.78. The molecule has 0 saturated carbocycles. The molecule has 12 heavy (non-hydrogen) atoms. The summed E-state index contributed by atoms with van der Waals surface area (Å²) in [4.78, 5) is 0. The van der Waals surface area contributed by atoms with Crippen LogP contribution in [0.25, 0.3) is 0 Å². The standard InChI is InChI=1S/C11H10N/c1-2-4-10(5-3-1)8-11-6-7-12-9-11/h1-7,9H,8H2. The Morgan fingerprint density at radius 1 is 1.08 bits per heavy atom. The van der Waals surface area contributed by atoms with Gasteiger partial charge in [-0.25, -0.2) is 0 Å². The Kier molecular flexibility index (Phi) is 1.95. The number of nitrogens with zero attached hydrogens (tertiary/aromatic N) is 1. The summed E-state index contributed by atoms with van der Waals surface area (Å²) in [6, 6.07) is 10.4. The number of rotatable bonds is 2. The maximum atomic E-state index is 4.02. The number of hydrogen-bond donors (Lipinski definition) is 0. The van der Waals surface area contributed by atoms with Crippen LogP contribution >= 0.6 is 0 Å². The Labute approximate surface area is 72.4 Å². The Morgan fingerprint density at radius 3 is 2.58 bits per heavy atom. The molecule has 0 aliphatic carbocycles. The van der Waals surface area contributed by atoms with Crippen molar-refractivity contribution in [2.45, 2.75) is 6.42 Å². The molecule has 1 aliphatic rings. The molecular weight excluding hydrogens is 146 g/mol. The van der Waals surface area contributed by atoms with Crippen molar-refractivity contribution in [3.8, 4) is 0 Å². The molecule has 1 heterocycles. The average Bonchev–Trinajstić information content (AvgIpc) is 2.59. The lowest BCUT2D eigenvalue weighted by Gasteiger charge is -1.97. The second-order valence-corrected chi connectivity index (χ2v) is 2.83. The molecule has 0 N–H and O–H groups in total. The van der Waals surface area contributed by atoms with Crippen molar-refractivity contribution in [1.82, 2.24) is 5.32 Å². The highest BCUT2D eigenvalue weighted by atomic mass is 14.8. The first kappa shape index (κ1) is 7.17. The molecule has 0 spiro atoms. The van der Waals surface area contributed by atoms with Gasteiger partial charge in [-0.15, -0.1) is 0 Å². The smallest absolute Gasteiger partial charge is 0.0303 e. The first-order valence-corrected chi connectivity index (χ1v) is 4.04. The highest BCUT2D eigenvalue weighted by Crippen LogP contribution is 2.10. The molecule has 1 radical (unpaired) electrons. The van der Waals surface area contributed by atoms with E-state index in [-0.39, 0.29) is 0 Å². The zero-order valence-corrected chi connectivity index (χ0v) is 6.77. The second kappa shape index (κ2) is 3.26. The molecule has 0 saturated heterocycles. The van der Waals surface area contributed by atoms with Crippen LogP contribution < -0.4 is 5.32 Å². The molecule has 1 aromatic carbocycles. The van der Waals surface area contributed by atoms with E-state index in [1.165, 1.54) is 11.1 Å². The fourth-order valence-corrected chi connectivity index (χ4v) is 1.26. The van der Waals surface area contributed by atoms with Gasteiger partial charge in [-0.2, -0.15) is 0 Å². The lowest BCUT2D eigenvalue weighted by Crippen LogP contribution is -1.85. The fourth-order valence-electron chi connectivity index (χ4n) is 1.26. The summed E-state index contributed by atoms with van der Waals surface area (Å²) in [7, 11) is 0. The molecule has 1 aliphatic heterocycles. The van der Waals surface area contributed by atoms with Crippen LogP contribution in [0.2, 0.25) is 0 Å². The minimum atomic E-state index is 0.987. The Morgan fingerprint density at radius 2 is 1.92 bits per heavy atom. The molecule has 1 nitrogen and oxygen atoms in total. The van der Waals surface area contributed by atoms with Gasteiger partial charge in [-0.1, -0.05) is 30.3 Å². The van der Waals surface area contributed by atoms with E-state index in [1.54, 1.807) is 0 Å². The molecule has 59 valence electrons. The Hall–Kier alpha value is -1.50. The van der Waals surface area contributed by atoms with E-state index in [4.69, 9.17) is 0 Å². The van der Waals surface area contributed by atoms with Crippen LogP contribution in [0.5, 0.6) is 0 Å². The third-order valence-electron chi connectivity index (χ3n) is 1.87. The van der Waals surface area contributed by atoms with Crippen molar-refractivity contribution in [1.29, 1.82) is 0 Å². The predicted molar refractivity (Wildman–Crippen MR) is 49.5 cm³/mol. The maximum Gasteiger partial charge on any atom is 0.0303 e. The largest absolute Gasteiger partial charge is 0.264 e. The van der Waals surface area contributed by atoms with Gasteiger partial charge in [-0.05, 0) is 23.6 Å². The van der Waals surface area contributed by atoms with Gasteiger partial charge in [0.1, 0.15) is 0 Å². The average molecular weight is 156 g/mol. The van der Waals surface area contributed by atoms with Crippen molar-refractivity contribution < 1.29 is 0 Å². The molecule has 0 fully saturated rings. The van der Waals surface area contributed by atoms with Gasteiger partial charge in [-0.3, -0.25) is 5.32 Å². The molecule has 0 bridgehead atoms. The van der Waals surface area contributed by atoms with Crippen LogP contribution in [0.15, 0.2) is 54.4 Å². The Balaban J connectivity index is 2.09. The molecule has 0 atom stereocenters. The van der Waals surface area contributed by atoms with E-state index in [0.29, 0.717) is 0 Å². The molecule has 2 rings (SSSR count). The topological polar surface area (TPSA) is 14.1 Å².